The van der Waals surface area contributed by atoms with Gasteiger partial charge < -0.3 is 14.6 Å². The molecule has 5 heteroatoms. The smallest absolute Gasteiger partial charge is 0.227 e. The summed E-state index contributed by atoms with van der Waals surface area (Å²) < 4.78 is 5.58. The van der Waals surface area contributed by atoms with Crippen LogP contribution in [0.2, 0.25) is 0 Å². The molecule has 1 N–H and O–H groups in total. The molecule has 0 unspecified atom stereocenters. The van der Waals surface area contributed by atoms with Crippen LogP contribution in [0, 0.1) is 12.8 Å². The van der Waals surface area contributed by atoms with E-state index in [1.807, 2.05) is 36.9 Å². The number of carbonyl (C=O) groups excluding carboxylic acids is 2. The van der Waals surface area contributed by atoms with E-state index in [0.29, 0.717) is 19.5 Å². The number of aryl methyl sites for hydroxylation is 1. The van der Waals surface area contributed by atoms with Crippen LogP contribution in [0.4, 0.5) is 0 Å². The molecule has 134 valence electrons. The third-order valence-corrected chi connectivity index (χ3v) is 4.92. The van der Waals surface area contributed by atoms with Crippen LogP contribution in [0.3, 0.4) is 0 Å². The maximum absolute atomic E-state index is 12.6. The highest BCUT2D eigenvalue weighted by Gasteiger charge is 2.27. The Hall–Kier alpha value is -2.30. The Kier molecular flexibility index (Phi) is 5.41. The fraction of sp³-hybridized carbons (Fsp3) is 0.500. The lowest BCUT2D eigenvalue weighted by Crippen LogP contribution is -2.43. The minimum Gasteiger partial charge on any atom is -0.464 e. The molecule has 2 amide bonds. The first-order valence-corrected chi connectivity index (χ1v) is 9.10. The maximum Gasteiger partial charge on any atom is 0.227 e. The molecule has 0 spiro atoms. The molecular formula is C20H26N2O3. The van der Waals surface area contributed by atoms with Crippen molar-refractivity contribution in [2.75, 3.05) is 19.6 Å². The number of hydrogen-bond donors (Lipinski definition) is 1. The molecule has 1 aliphatic rings. The summed E-state index contributed by atoms with van der Waals surface area (Å²) in [6.45, 7) is 6.09. The number of likely N-dealkylation sites (tertiary alicyclic amines) is 1. The van der Waals surface area contributed by atoms with Crippen molar-refractivity contribution in [2.24, 2.45) is 5.92 Å². The van der Waals surface area contributed by atoms with E-state index in [4.69, 9.17) is 4.42 Å². The first kappa shape index (κ1) is 17.5. The molecule has 1 aromatic heterocycles. The van der Waals surface area contributed by atoms with Gasteiger partial charge in [0.15, 0.2) is 0 Å². The van der Waals surface area contributed by atoms with E-state index in [-0.39, 0.29) is 17.7 Å². The van der Waals surface area contributed by atoms with E-state index in [1.165, 1.54) is 0 Å². The average Bonchev–Trinajstić information content (AvgIpc) is 3.01. The van der Waals surface area contributed by atoms with Gasteiger partial charge in [-0.2, -0.15) is 0 Å². The minimum absolute atomic E-state index is 0.0355. The largest absolute Gasteiger partial charge is 0.464 e. The Labute approximate surface area is 148 Å². The van der Waals surface area contributed by atoms with Gasteiger partial charge in [-0.1, -0.05) is 19.1 Å². The van der Waals surface area contributed by atoms with Crippen LogP contribution in [0.1, 0.15) is 37.3 Å². The molecule has 25 heavy (non-hydrogen) atoms. The summed E-state index contributed by atoms with van der Waals surface area (Å²) in [6, 6.07) is 6.04. The Morgan fingerprint density at radius 3 is 2.76 bits per heavy atom. The summed E-state index contributed by atoms with van der Waals surface area (Å²) in [6.07, 6.45) is 4.47. The number of hydrogen-bond acceptors (Lipinski definition) is 3. The van der Waals surface area contributed by atoms with Gasteiger partial charge in [-0.3, -0.25) is 9.59 Å². The predicted octanol–water partition coefficient (Wildman–Crippen LogP) is 3.05. The standard InChI is InChI=1S/C20H26N2O3/c1-3-8-21-20(24)15-6-9-22(10-7-15)19(23)12-16-13-25-18-11-14(2)4-5-17(16)18/h4-5,11,13,15H,3,6-10,12H2,1-2H3,(H,21,24). The van der Waals surface area contributed by atoms with E-state index < -0.39 is 0 Å². The van der Waals surface area contributed by atoms with Gasteiger partial charge in [0, 0.05) is 36.5 Å². The summed E-state index contributed by atoms with van der Waals surface area (Å²) in [5.41, 5.74) is 2.90. The van der Waals surface area contributed by atoms with Gasteiger partial charge in [0.1, 0.15) is 5.58 Å². The Morgan fingerprint density at radius 2 is 2.04 bits per heavy atom. The first-order chi connectivity index (χ1) is 12.1. The number of nitrogens with zero attached hydrogens (tertiary/aromatic N) is 1. The fourth-order valence-electron chi connectivity index (χ4n) is 3.39. The van der Waals surface area contributed by atoms with Crippen molar-refractivity contribution in [2.45, 2.75) is 39.5 Å². The molecule has 1 aliphatic heterocycles. The third kappa shape index (κ3) is 4.03. The molecule has 2 aromatic rings. The molecule has 0 saturated carbocycles. The van der Waals surface area contributed by atoms with Gasteiger partial charge in [0.2, 0.25) is 11.8 Å². The Morgan fingerprint density at radius 1 is 1.28 bits per heavy atom. The molecule has 1 fully saturated rings. The Balaban J connectivity index is 1.56. The van der Waals surface area contributed by atoms with Gasteiger partial charge in [0.25, 0.3) is 0 Å². The van der Waals surface area contributed by atoms with Gasteiger partial charge >= 0.3 is 0 Å². The van der Waals surface area contributed by atoms with E-state index in [1.54, 1.807) is 6.26 Å². The van der Waals surface area contributed by atoms with Crippen molar-refractivity contribution in [3.63, 3.8) is 0 Å². The molecular weight excluding hydrogens is 316 g/mol. The SMILES string of the molecule is CCCNC(=O)C1CCN(C(=O)Cc2coc3cc(C)ccc23)CC1. The van der Waals surface area contributed by atoms with E-state index in [0.717, 1.165) is 47.9 Å². The second kappa shape index (κ2) is 7.72. The number of benzene rings is 1. The lowest BCUT2D eigenvalue weighted by atomic mass is 9.95. The van der Waals surface area contributed by atoms with Crippen molar-refractivity contribution in [3.8, 4) is 0 Å². The van der Waals surface area contributed by atoms with Gasteiger partial charge in [0.05, 0.1) is 12.7 Å². The van der Waals surface area contributed by atoms with Gasteiger partial charge in [-0.15, -0.1) is 0 Å². The topological polar surface area (TPSA) is 62.6 Å². The Bertz CT molecular complexity index is 757. The number of carbonyl (C=O) groups is 2. The van der Waals surface area contributed by atoms with Crippen LogP contribution in [-0.4, -0.2) is 36.3 Å². The molecule has 0 atom stereocenters. The molecule has 0 radical (unpaired) electrons. The van der Waals surface area contributed by atoms with Crippen LogP contribution in [0.15, 0.2) is 28.9 Å². The second-order valence-electron chi connectivity index (χ2n) is 6.88. The second-order valence-corrected chi connectivity index (χ2v) is 6.88. The van der Waals surface area contributed by atoms with E-state index in [9.17, 15) is 9.59 Å². The maximum atomic E-state index is 12.6. The van der Waals surface area contributed by atoms with E-state index >= 15 is 0 Å². The molecule has 5 nitrogen and oxygen atoms in total. The summed E-state index contributed by atoms with van der Waals surface area (Å²) in [5.74, 6) is 0.272. The van der Waals surface area contributed by atoms with Crippen LogP contribution >= 0.6 is 0 Å². The third-order valence-electron chi connectivity index (χ3n) is 4.92. The van der Waals surface area contributed by atoms with Gasteiger partial charge in [-0.05, 0) is 37.8 Å². The zero-order chi connectivity index (χ0) is 17.8. The molecule has 3 rings (SSSR count). The average molecular weight is 342 g/mol. The lowest BCUT2D eigenvalue weighted by molar-refractivity contribution is -0.135. The van der Waals surface area contributed by atoms with Crippen molar-refractivity contribution in [1.82, 2.24) is 10.2 Å². The predicted molar refractivity (Wildman–Crippen MR) is 97.3 cm³/mol. The number of nitrogens with one attached hydrogen (secondary N) is 1. The highest BCUT2D eigenvalue weighted by atomic mass is 16.3. The van der Waals surface area contributed by atoms with E-state index in [2.05, 4.69) is 5.32 Å². The summed E-state index contributed by atoms with van der Waals surface area (Å²) in [5, 5.41) is 3.96. The van der Waals surface area contributed by atoms with Crippen molar-refractivity contribution in [1.29, 1.82) is 0 Å². The highest BCUT2D eigenvalue weighted by molar-refractivity contribution is 5.88. The van der Waals surface area contributed by atoms with Crippen LogP contribution < -0.4 is 5.32 Å². The van der Waals surface area contributed by atoms with Crippen LogP contribution in [0.5, 0.6) is 0 Å². The van der Waals surface area contributed by atoms with Gasteiger partial charge in [-0.25, -0.2) is 0 Å². The minimum atomic E-state index is 0.0355. The number of rotatable bonds is 5. The number of furan rings is 1. The first-order valence-electron chi connectivity index (χ1n) is 9.10. The highest BCUT2D eigenvalue weighted by Crippen LogP contribution is 2.24. The van der Waals surface area contributed by atoms with Crippen molar-refractivity contribution < 1.29 is 14.0 Å². The quantitative estimate of drug-likeness (QED) is 0.908. The molecule has 2 heterocycles. The zero-order valence-corrected chi connectivity index (χ0v) is 15.0. The summed E-state index contributed by atoms with van der Waals surface area (Å²) in [4.78, 5) is 26.5. The lowest BCUT2D eigenvalue weighted by Gasteiger charge is -2.31. The molecule has 0 bridgehead atoms. The van der Waals surface area contributed by atoms with Crippen LogP contribution in [-0.2, 0) is 16.0 Å². The number of amides is 2. The summed E-state index contributed by atoms with van der Waals surface area (Å²) >= 11 is 0. The molecule has 1 saturated heterocycles. The summed E-state index contributed by atoms with van der Waals surface area (Å²) in [7, 11) is 0. The zero-order valence-electron chi connectivity index (χ0n) is 15.0. The normalized spacial score (nSPS) is 15.5. The van der Waals surface area contributed by atoms with Crippen molar-refractivity contribution >= 4 is 22.8 Å². The fourth-order valence-corrected chi connectivity index (χ4v) is 3.39. The molecule has 1 aromatic carbocycles. The van der Waals surface area contributed by atoms with Crippen molar-refractivity contribution in [3.05, 3.63) is 35.6 Å². The molecule has 0 aliphatic carbocycles. The van der Waals surface area contributed by atoms with Crippen LogP contribution in [0.25, 0.3) is 11.0 Å². The monoisotopic (exact) mass is 342 g/mol. The number of piperidine rings is 1. The number of fused-ring (bicyclic) bond motifs is 1.